The molecule has 1 saturated heterocycles. The fraction of sp³-hybridized carbons (Fsp3) is 0.643. The van der Waals surface area contributed by atoms with Crippen LogP contribution in [0, 0.1) is 0 Å². The zero-order valence-corrected chi connectivity index (χ0v) is 12.0. The van der Waals surface area contributed by atoms with Gasteiger partial charge in [0.2, 0.25) is 0 Å². The van der Waals surface area contributed by atoms with Gasteiger partial charge in [0.1, 0.15) is 17.2 Å². The van der Waals surface area contributed by atoms with Crippen LogP contribution in [-0.4, -0.2) is 21.7 Å². The second kappa shape index (κ2) is 4.44. The third kappa shape index (κ3) is 2.02. The smallest absolute Gasteiger partial charge is 0.116 e. The zero-order valence-electron chi connectivity index (χ0n) is 11.2. The summed E-state index contributed by atoms with van der Waals surface area (Å²) in [7, 11) is 0. The predicted molar refractivity (Wildman–Crippen MR) is 73.3 cm³/mol. The Balaban J connectivity index is 2.01. The van der Waals surface area contributed by atoms with Crippen LogP contribution < -0.4 is 0 Å². The molecular formula is C14H20N2OS. The Labute approximate surface area is 112 Å². The molecule has 0 aromatic carbocycles. The van der Waals surface area contributed by atoms with Crippen molar-refractivity contribution < 1.29 is 4.84 Å². The molecule has 2 atom stereocenters. The van der Waals surface area contributed by atoms with Crippen molar-refractivity contribution in [2.24, 2.45) is 0 Å². The molecule has 0 amide bonds. The number of allylic oxidation sites excluding steroid dienone is 1. The maximum absolute atomic E-state index is 6.20. The monoisotopic (exact) mass is 264 g/mol. The van der Waals surface area contributed by atoms with Crippen molar-refractivity contribution >= 4 is 11.3 Å². The highest BCUT2D eigenvalue weighted by Gasteiger charge is 2.45. The van der Waals surface area contributed by atoms with Crippen LogP contribution >= 0.6 is 11.3 Å². The Morgan fingerprint density at radius 1 is 1.44 bits per heavy atom. The van der Waals surface area contributed by atoms with Gasteiger partial charge in [-0.25, -0.2) is 4.98 Å². The molecule has 4 heteroatoms. The van der Waals surface area contributed by atoms with Gasteiger partial charge in [0, 0.05) is 17.1 Å². The first-order chi connectivity index (χ1) is 8.57. The average molecular weight is 264 g/mol. The number of hydroxylamine groups is 2. The summed E-state index contributed by atoms with van der Waals surface area (Å²) in [4.78, 5) is 10.7. The van der Waals surface area contributed by atoms with Crippen molar-refractivity contribution in [1.29, 1.82) is 0 Å². The molecule has 0 N–H and O–H groups in total. The van der Waals surface area contributed by atoms with E-state index in [0.29, 0.717) is 0 Å². The van der Waals surface area contributed by atoms with E-state index in [2.05, 4.69) is 36.9 Å². The molecule has 0 saturated carbocycles. The lowest BCUT2D eigenvalue weighted by Gasteiger charge is -2.34. The van der Waals surface area contributed by atoms with E-state index in [1.54, 1.807) is 11.3 Å². The van der Waals surface area contributed by atoms with Crippen LogP contribution in [0.15, 0.2) is 23.2 Å². The lowest BCUT2D eigenvalue weighted by molar-refractivity contribution is -0.214. The molecule has 2 aliphatic rings. The number of rotatable bonds is 1. The Kier molecular flexibility index (Phi) is 3.04. The molecule has 3 nitrogen and oxygen atoms in total. The fourth-order valence-electron chi connectivity index (χ4n) is 2.76. The number of hydrogen-bond acceptors (Lipinski definition) is 4. The number of nitrogens with zero attached hydrogens (tertiary/aromatic N) is 2. The fourth-order valence-corrected chi connectivity index (χ4v) is 3.51. The van der Waals surface area contributed by atoms with Crippen molar-refractivity contribution in [3.05, 3.63) is 28.2 Å². The van der Waals surface area contributed by atoms with Gasteiger partial charge >= 0.3 is 0 Å². The molecule has 0 radical (unpaired) electrons. The second-order valence-electron chi connectivity index (χ2n) is 6.00. The van der Waals surface area contributed by atoms with E-state index < -0.39 is 0 Å². The minimum absolute atomic E-state index is 0.00544. The van der Waals surface area contributed by atoms with Crippen LogP contribution in [0.3, 0.4) is 0 Å². The number of hydrogen-bond donors (Lipinski definition) is 0. The highest BCUT2D eigenvalue weighted by Crippen LogP contribution is 2.46. The van der Waals surface area contributed by atoms with Crippen molar-refractivity contribution in [1.82, 2.24) is 10.0 Å². The first-order valence-electron chi connectivity index (χ1n) is 6.63. The lowest BCUT2D eigenvalue weighted by atomic mass is 9.91. The molecule has 1 fully saturated rings. The Bertz CT molecular complexity index is 447. The number of aromatic nitrogens is 1. The van der Waals surface area contributed by atoms with Gasteiger partial charge in [-0.1, -0.05) is 6.08 Å². The van der Waals surface area contributed by atoms with Crippen LogP contribution in [0.25, 0.3) is 0 Å². The molecule has 0 bridgehead atoms. The Morgan fingerprint density at radius 3 is 2.94 bits per heavy atom. The van der Waals surface area contributed by atoms with Crippen molar-refractivity contribution in [2.75, 3.05) is 0 Å². The summed E-state index contributed by atoms with van der Waals surface area (Å²) in [5.41, 5.74) is 1.42. The van der Waals surface area contributed by atoms with Gasteiger partial charge in [-0.3, -0.25) is 4.84 Å². The maximum Gasteiger partial charge on any atom is 0.116 e. The molecular weight excluding hydrogens is 244 g/mol. The number of fused-ring (bicyclic) bond motifs is 1. The van der Waals surface area contributed by atoms with Crippen molar-refractivity contribution in [3.63, 3.8) is 0 Å². The minimum Gasteiger partial charge on any atom is -0.290 e. The Morgan fingerprint density at radius 2 is 2.28 bits per heavy atom. The summed E-state index contributed by atoms with van der Waals surface area (Å²) in [6, 6.07) is 0.218. The van der Waals surface area contributed by atoms with Gasteiger partial charge in [0.15, 0.2) is 0 Å². The van der Waals surface area contributed by atoms with Crippen LogP contribution in [-0.2, 0) is 4.84 Å². The van der Waals surface area contributed by atoms with E-state index in [-0.39, 0.29) is 17.7 Å². The largest absolute Gasteiger partial charge is 0.290 e. The zero-order chi connectivity index (χ0) is 12.8. The second-order valence-corrected chi connectivity index (χ2v) is 6.92. The number of thiazole rings is 1. The highest BCUT2D eigenvalue weighted by molar-refractivity contribution is 7.09. The van der Waals surface area contributed by atoms with E-state index >= 15 is 0 Å². The summed E-state index contributed by atoms with van der Waals surface area (Å²) in [5, 5.41) is 5.35. The van der Waals surface area contributed by atoms with Gasteiger partial charge < -0.3 is 0 Å². The van der Waals surface area contributed by atoms with E-state index in [9.17, 15) is 0 Å². The Hall–Kier alpha value is -0.710. The topological polar surface area (TPSA) is 25.4 Å². The van der Waals surface area contributed by atoms with Gasteiger partial charge in [-0.05, 0) is 45.6 Å². The third-order valence-electron chi connectivity index (χ3n) is 3.56. The molecule has 0 unspecified atom stereocenters. The van der Waals surface area contributed by atoms with E-state index in [1.165, 1.54) is 18.4 Å². The van der Waals surface area contributed by atoms with Crippen LogP contribution in [0.2, 0.25) is 0 Å². The molecule has 3 rings (SSSR count). The van der Waals surface area contributed by atoms with Crippen LogP contribution in [0.1, 0.15) is 51.1 Å². The molecule has 2 heterocycles. The molecule has 18 heavy (non-hydrogen) atoms. The lowest BCUT2D eigenvalue weighted by Crippen LogP contribution is -2.40. The summed E-state index contributed by atoms with van der Waals surface area (Å²) >= 11 is 1.72. The molecule has 1 aliphatic carbocycles. The van der Waals surface area contributed by atoms with Crippen molar-refractivity contribution in [3.8, 4) is 0 Å². The van der Waals surface area contributed by atoms with Gasteiger partial charge in [0.25, 0.3) is 0 Å². The molecule has 1 aromatic rings. The average Bonchev–Trinajstić information content (AvgIpc) is 2.94. The van der Waals surface area contributed by atoms with Crippen LogP contribution in [0.4, 0.5) is 0 Å². The summed E-state index contributed by atoms with van der Waals surface area (Å²) in [5.74, 6) is 0. The van der Waals surface area contributed by atoms with E-state index in [4.69, 9.17) is 4.84 Å². The summed E-state index contributed by atoms with van der Waals surface area (Å²) in [6.45, 7) is 6.60. The minimum atomic E-state index is -0.00544. The SMILES string of the molecule is CC(C)(C)N1O[C@H]2CCCC=C2[C@@H]1c1nccs1. The van der Waals surface area contributed by atoms with Gasteiger partial charge in [-0.2, -0.15) is 5.06 Å². The molecule has 0 spiro atoms. The molecule has 98 valence electrons. The summed E-state index contributed by atoms with van der Waals surface area (Å²) in [6.07, 6.45) is 8.07. The van der Waals surface area contributed by atoms with E-state index in [0.717, 1.165) is 11.4 Å². The van der Waals surface area contributed by atoms with Gasteiger partial charge in [-0.15, -0.1) is 11.3 Å². The van der Waals surface area contributed by atoms with Crippen molar-refractivity contribution in [2.45, 2.75) is 57.7 Å². The third-order valence-corrected chi connectivity index (χ3v) is 4.39. The standard InChI is InChI=1S/C14H20N2OS/c1-14(2,3)16-12(13-15-8-9-18-13)10-6-4-5-7-11(10)17-16/h6,8-9,11-12H,4-5,7H2,1-3H3/t11-,12+/m0/s1. The highest BCUT2D eigenvalue weighted by atomic mass is 32.1. The first kappa shape index (κ1) is 12.3. The predicted octanol–water partition coefficient (Wildman–Crippen LogP) is 3.71. The summed E-state index contributed by atoms with van der Waals surface area (Å²) < 4.78 is 0. The van der Waals surface area contributed by atoms with Gasteiger partial charge in [0.05, 0.1) is 0 Å². The van der Waals surface area contributed by atoms with E-state index in [1.807, 2.05) is 11.6 Å². The quantitative estimate of drug-likeness (QED) is 0.723. The van der Waals surface area contributed by atoms with Crippen LogP contribution in [0.5, 0.6) is 0 Å². The molecule has 1 aliphatic heterocycles. The first-order valence-corrected chi connectivity index (χ1v) is 7.51. The maximum atomic E-state index is 6.20. The molecule has 1 aromatic heterocycles. The normalized spacial score (nSPS) is 29.2.